The van der Waals surface area contributed by atoms with Gasteiger partial charge in [-0.2, -0.15) is 10.1 Å². The third-order valence-electron chi connectivity index (χ3n) is 2.65. The summed E-state index contributed by atoms with van der Waals surface area (Å²) in [6.45, 7) is 0. The van der Waals surface area contributed by atoms with Gasteiger partial charge in [-0.15, -0.1) is 13.2 Å². The number of nitrogens with zero attached hydrogens (tertiary/aromatic N) is 3. The maximum atomic E-state index is 12.5. The van der Waals surface area contributed by atoms with Gasteiger partial charge in [0, 0.05) is 5.56 Å². The van der Waals surface area contributed by atoms with E-state index < -0.39 is 6.36 Å². The van der Waals surface area contributed by atoms with Crippen LogP contribution in [0.15, 0.2) is 30.5 Å². The van der Waals surface area contributed by atoms with E-state index in [2.05, 4.69) is 24.9 Å². The first kappa shape index (κ1) is 13.6. The molecule has 21 heavy (non-hydrogen) atoms. The normalized spacial score (nSPS) is 11.8. The van der Waals surface area contributed by atoms with E-state index in [-0.39, 0.29) is 22.3 Å². The highest BCUT2D eigenvalue weighted by Crippen LogP contribution is 2.35. The Hall–Kier alpha value is -2.35. The van der Waals surface area contributed by atoms with Gasteiger partial charge in [0.1, 0.15) is 5.75 Å². The molecule has 3 aromatic rings. The zero-order chi connectivity index (χ0) is 15.0. The van der Waals surface area contributed by atoms with Crippen LogP contribution in [0.25, 0.3) is 22.3 Å². The van der Waals surface area contributed by atoms with E-state index in [1.54, 1.807) is 6.07 Å². The Morgan fingerprint density at radius 3 is 2.67 bits per heavy atom. The van der Waals surface area contributed by atoms with Crippen molar-refractivity contribution in [3.05, 3.63) is 35.7 Å². The van der Waals surface area contributed by atoms with Crippen molar-refractivity contribution in [2.75, 3.05) is 0 Å². The molecule has 1 N–H and O–H groups in total. The predicted octanol–water partition coefficient (Wildman–Crippen LogP) is 3.57. The first-order valence-corrected chi connectivity index (χ1v) is 6.03. The van der Waals surface area contributed by atoms with Crippen LogP contribution in [-0.2, 0) is 0 Å². The minimum atomic E-state index is -4.80. The van der Waals surface area contributed by atoms with Crippen LogP contribution in [0.5, 0.6) is 5.75 Å². The van der Waals surface area contributed by atoms with Gasteiger partial charge in [-0.25, -0.2) is 4.98 Å². The van der Waals surface area contributed by atoms with E-state index in [0.29, 0.717) is 11.0 Å². The summed E-state index contributed by atoms with van der Waals surface area (Å²) < 4.78 is 41.4. The molecule has 0 unspecified atom stereocenters. The Kier molecular flexibility index (Phi) is 3.17. The fourth-order valence-corrected chi connectivity index (χ4v) is 2.06. The Morgan fingerprint density at radius 2 is 1.90 bits per heavy atom. The molecule has 0 bridgehead atoms. The molecular formula is C12H6ClF3N4O. The second-order valence-electron chi connectivity index (χ2n) is 4.02. The lowest BCUT2D eigenvalue weighted by Gasteiger charge is -2.13. The number of hydrogen-bond donors (Lipinski definition) is 1. The minimum Gasteiger partial charge on any atom is -0.405 e. The van der Waals surface area contributed by atoms with Gasteiger partial charge in [-0.1, -0.05) is 12.1 Å². The lowest BCUT2D eigenvalue weighted by Crippen LogP contribution is -2.17. The molecule has 0 atom stereocenters. The number of H-pyrrole nitrogens is 1. The number of aromatic nitrogens is 4. The summed E-state index contributed by atoms with van der Waals surface area (Å²) in [5.41, 5.74) is 0.677. The number of alkyl halides is 3. The number of ether oxygens (including phenoxy) is 1. The summed E-state index contributed by atoms with van der Waals surface area (Å²) in [5.74, 6) is -0.373. The van der Waals surface area contributed by atoms with Gasteiger partial charge in [-0.05, 0) is 23.7 Å². The van der Waals surface area contributed by atoms with Gasteiger partial charge in [0.05, 0.1) is 17.3 Å². The lowest BCUT2D eigenvalue weighted by atomic mass is 10.1. The quantitative estimate of drug-likeness (QED) is 0.734. The third-order valence-corrected chi connectivity index (χ3v) is 2.82. The van der Waals surface area contributed by atoms with E-state index in [9.17, 15) is 13.2 Å². The van der Waals surface area contributed by atoms with Crippen molar-refractivity contribution in [3.8, 4) is 17.0 Å². The second-order valence-corrected chi connectivity index (χ2v) is 4.36. The van der Waals surface area contributed by atoms with Gasteiger partial charge in [0.15, 0.2) is 5.65 Å². The number of hydrogen-bond acceptors (Lipinski definition) is 4. The molecule has 0 saturated carbocycles. The van der Waals surface area contributed by atoms with Crippen LogP contribution in [0.2, 0.25) is 5.28 Å². The van der Waals surface area contributed by atoms with Gasteiger partial charge in [0.25, 0.3) is 0 Å². The largest absolute Gasteiger partial charge is 0.573 e. The molecule has 0 fully saturated rings. The van der Waals surface area contributed by atoms with E-state index in [4.69, 9.17) is 11.6 Å². The minimum absolute atomic E-state index is 0.108. The summed E-state index contributed by atoms with van der Waals surface area (Å²) >= 11 is 5.78. The molecule has 0 amide bonds. The molecule has 2 heterocycles. The van der Waals surface area contributed by atoms with Crippen LogP contribution in [0.4, 0.5) is 13.2 Å². The number of benzene rings is 1. The third kappa shape index (κ3) is 2.75. The molecule has 3 rings (SSSR count). The van der Waals surface area contributed by atoms with Crippen molar-refractivity contribution in [1.82, 2.24) is 20.2 Å². The zero-order valence-electron chi connectivity index (χ0n) is 10.1. The van der Waals surface area contributed by atoms with Crippen LogP contribution in [-0.4, -0.2) is 26.5 Å². The fraction of sp³-hybridized carbons (Fsp3) is 0.0833. The average molecular weight is 315 g/mol. The second kappa shape index (κ2) is 4.88. The lowest BCUT2D eigenvalue weighted by molar-refractivity contribution is -0.274. The summed E-state index contributed by atoms with van der Waals surface area (Å²) in [7, 11) is 0. The van der Waals surface area contributed by atoms with Gasteiger partial charge in [0.2, 0.25) is 5.28 Å². The average Bonchev–Trinajstić information content (AvgIpc) is 2.84. The molecule has 0 aliphatic heterocycles. The van der Waals surface area contributed by atoms with Crippen LogP contribution in [0.3, 0.4) is 0 Å². The number of rotatable bonds is 2. The summed E-state index contributed by atoms with van der Waals surface area (Å²) in [5, 5.41) is 6.71. The highest BCUT2D eigenvalue weighted by atomic mass is 35.5. The van der Waals surface area contributed by atoms with Crippen molar-refractivity contribution in [1.29, 1.82) is 0 Å². The summed E-state index contributed by atoms with van der Waals surface area (Å²) in [6, 6.07) is 5.65. The maximum Gasteiger partial charge on any atom is 0.573 e. The van der Waals surface area contributed by atoms with E-state index in [1.807, 2.05) is 0 Å². The van der Waals surface area contributed by atoms with E-state index >= 15 is 0 Å². The van der Waals surface area contributed by atoms with Crippen LogP contribution >= 0.6 is 11.6 Å². The summed E-state index contributed by atoms with van der Waals surface area (Å²) in [6.07, 6.45) is -3.40. The van der Waals surface area contributed by atoms with Crippen molar-refractivity contribution >= 4 is 22.6 Å². The topological polar surface area (TPSA) is 63.7 Å². The molecule has 0 radical (unpaired) electrons. The standard InChI is InChI=1S/C12H6ClF3N4O/c13-11-18-9(7-5-17-20-10(7)19-11)6-3-1-2-4-8(6)21-12(14,15)16/h1-5H,(H,17,18,19,20). The van der Waals surface area contributed by atoms with Crippen molar-refractivity contribution in [2.24, 2.45) is 0 Å². The van der Waals surface area contributed by atoms with Gasteiger partial charge < -0.3 is 4.74 Å². The Balaban J connectivity index is 2.21. The van der Waals surface area contributed by atoms with E-state index in [1.165, 1.54) is 24.4 Å². The molecule has 0 spiro atoms. The first-order valence-electron chi connectivity index (χ1n) is 5.66. The number of aromatic amines is 1. The number of halogens is 4. The molecule has 0 aliphatic carbocycles. The molecule has 0 aliphatic rings. The molecule has 9 heteroatoms. The van der Waals surface area contributed by atoms with Gasteiger partial charge in [-0.3, -0.25) is 5.10 Å². The predicted molar refractivity (Wildman–Crippen MR) is 68.8 cm³/mol. The molecule has 5 nitrogen and oxygen atoms in total. The maximum absolute atomic E-state index is 12.5. The molecular weight excluding hydrogens is 309 g/mol. The molecule has 108 valence electrons. The molecule has 1 aromatic carbocycles. The summed E-state index contributed by atoms with van der Waals surface area (Å²) in [4.78, 5) is 7.88. The zero-order valence-corrected chi connectivity index (χ0v) is 10.9. The molecule has 2 aromatic heterocycles. The van der Waals surface area contributed by atoms with Gasteiger partial charge >= 0.3 is 6.36 Å². The number of nitrogens with one attached hydrogen (secondary N) is 1. The monoisotopic (exact) mass is 314 g/mol. The number of fused-ring (bicyclic) bond motifs is 1. The van der Waals surface area contributed by atoms with Crippen LogP contribution < -0.4 is 4.74 Å². The first-order chi connectivity index (χ1) is 9.94. The highest BCUT2D eigenvalue weighted by Gasteiger charge is 2.32. The van der Waals surface area contributed by atoms with Crippen LogP contribution in [0, 0.1) is 0 Å². The Bertz CT molecular complexity index is 803. The Morgan fingerprint density at radius 1 is 1.14 bits per heavy atom. The van der Waals surface area contributed by atoms with Crippen LogP contribution in [0.1, 0.15) is 0 Å². The smallest absolute Gasteiger partial charge is 0.405 e. The SMILES string of the molecule is FC(F)(F)Oc1ccccc1-c1nc(Cl)nc2[nH]ncc12. The van der Waals surface area contributed by atoms with Crippen molar-refractivity contribution in [3.63, 3.8) is 0 Å². The fourth-order valence-electron chi connectivity index (χ4n) is 1.89. The molecule has 0 saturated heterocycles. The Labute approximate surface area is 120 Å². The van der Waals surface area contributed by atoms with Crippen molar-refractivity contribution < 1.29 is 17.9 Å². The highest BCUT2D eigenvalue weighted by molar-refractivity contribution is 6.28. The van der Waals surface area contributed by atoms with Crippen molar-refractivity contribution in [2.45, 2.75) is 6.36 Å². The number of para-hydroxylation sites is 1. The van der Waals surface area contributed by atoms with E-state index in [0.717, 1.165) is 0 Å².